The van der Waals surface area contributed by atoms with Crippen LogP contribution in [0.3, 0.4) is 0 Å². The van der Waals surface area contributed by atoms with E-state index in [9.17, 15) is 14.4 Å². The van der Waals surface area contributed by atoms with Crippen LogP contribution in [-0.4, -0.2) is 41.6 Å². The SMILES string of the molecule is CCC1CCC(N(C(=O)Cn2c(=O)c3c(ncn3C)n(C)c2=O)C2CC2)CC1. The van der Waals surface area contributed by atoms with E-state index in [1.165, 1.54) is 17.3 Å². The summed E-state index contributed by atoms with van der Waals surface area (Å²) >= 11 is 0. The van der Waals surface area contributed by atoms with Crippen molar-refractivity contribution in [3.8, 4) is 0 Å². The Morgan fingerprint density at radius 1 is 1.11 bits per heavy atom. The van der Waals surface area contributed by atoms with Crippen LogP contribution in [0.5, 0.6) is 0 Å². The fourth-order valence-electron chi connectivity index (χ4n) is 4.64. The molecule has 2 fully saturated rings. The number of fused-ring (bicyclic) bond motifs is 1. The predicted molar refractivity (Wildman–Crippen MR) is 106 cm³/mol. The van der Waals surface area contributed by atoms with Gasteiger partial charge in [-0.1, -0.05) is 13.3 Å². The monoisotopic (exact) mass is 387 g/mol. The molecule has 4 rings (SSSR count). The van der Waals surface area contributed by atoms with E-state index in [4.69, 9.17) is 0 Å². The zero-order valence-electron chi connectivity index (χ0n) is 16.9. The van der Waals surface area contributed by atoms with Crippen molar-refractivity contribution in [2.24, 2.45) is 20.0 Å². The Kier molecular flexibility index (Phi) is 4.89. The number of hydrogen-bond acceptors (Lipinski definition) is 4. The minimum atomic E-state index is -0.491. The van der Waals surface area contributed by atoms with Crippen LogP contribution >= 0.6 is 0 Å². The quantitative estimate of drug-likeness (QED) is 0.776. The van der Waals surface area contributed by atoms with Crippen molar-refractivity contribution in [1.29, 1.82) is 0 Å². The highest BCUT2D eigenvalue weighted by atomic mass is 16.2. The third-order valence-corrected chi connectivity index (χ3v) is 6.51. The first-order valence-electron chi connectivity index (χ1n) is 10.3. The molecule has 2 heterocycles. The molecule has 0 saturated heterocycles. The molecule has 0 radical (unpaired) electrons. The standard InChI is InChI=1S/C20H29N5O3/c1-4-13-5-7-14(8-6-13)25(15-9-10-15)16(26)11-24-19(27)17-18(21-12-22(17)2)23(3)20(24)28/h12-15H,4-11H2,1-3H3. The van der Waals surface area contributed by atoms with Gasteiger partial charge in [-0.25, -0.2) is 14.3 Å². The van der Waals surface area contributed by atoms with Gasteiger partial charge in [-0.3, -0.25) is 14.2 Å². The second-order valence-electron chi connectivity index (χ2n) is 8.38. The predicted octanol–water partition coefficient (Wildman–Crippen LogP) is 1.39. The van der Waals surface area contributed by atoms with E-state index in [0.29, 0.717) is 11.2 Å². The minimum Gasteiger partial charge on any atom is -0.335 e. The topological polar surface area (TPSA) is 82.1 Å². The average Bonchev–Trinajstić information content (AvgIpc) is 3.45. The van der Waals surface area contributed by atoms with Crippen molar-refractivity contribution in [2.45, 2.75) is 70.5 Å². The van der Waals surface area contributed by atoms with Crippen molar-refractivity contribution in [1.82, 2.24) is 23.6 Å². The van der Waals surface area contributed by atoms with E-state index in [0.717, 1.165) is 49.0 Å². The van der Waals surface area contributed by atoms with Crippen molar-refractivity contribution in [3.05, 3.63) is 27.2 Å². The Bertz CT molecular complexity index is 1010. The Morgan fingerprint density at radius 3 is 2.29 bits per heavy atom. The van der Waals surface area contributed by atoms with Crippen LogP contribution in [0.1, 0.15) is 51.9 Å². The Labute approximate surface area is 163 Å². The number of rotatable bonds is 5. The number of amides is 1. The van der Waals surface area contributed by atoms with Gasteiger partial charge in [0, 0.05) is 26.2 Å². The molecule has 2 aromatic heterocycles. The molecular weight excluding hydrogens is 358 g/mol. The first-order valence-corrected chi connectivity index (χ1v) is 10.3. The lowest BCUT2D eigenvalue weighted by atomic mass is 9.84. The van der Waals surface area contributed by atoms with Crippen LogP contribution in [0.4, 0.5) is 0 Å². The van der Waals surface area contributed by atoms with Gasteiger partial charge in [-0.05, 0) is 44.4 Å². The summed E-state index contributed by atoms with van der Waals surface area (Å²) in [6, 6.07) is 0.512. The number of hydrogen-bond donors (Lipinski definition) is 0. The molecule has 28 heavy (non-hydrogen) atoms. The van der Waals surface area contributed by atoms with Crippen LogP contribution in [0, 0.1) is 5.92 Å². The maximum Gasteiger partial charge on any atom is 0.332 e. The zero-order chi connectivity index (χ0) is 20.0. The van der Waals surface area contributed by atoms with Gasteiger partial charge in [-0.2, -0.15) is 0 Å². The van der Waals surface area contributed by atoms with E-state index in [1.54, 1.807) is 18.7 Å². The van der Waals surface area contributed by atoms with Gasteiger partial charge in [0.05, 0.1) is 6.33 Å². The van der Waals surface area contributed by atoms with E-state index < -0.39 is 11.2 Å². The summed E-state index contributed by atoms with van der Waals surface area (Å²) < 4.78 is 4.01. The number of carbonyl (C=O) groups excluding carboxylic acids is 1. The van der Waals surface area contributed by atoms with Gasteiger partial charge < -0.3 is 9.47 Å². The molecule has 2 saturated carbocycles. The molecule has 2 aliphatic carbocycles. The second-order valence-corrected chi connectivity index (χ2v) is 8.38. The van der Waals surface area contributed by atoms with Crippen LogP contribution in [0.25, 0.3) is 11.2 Å². The highest BCUT2D eigenvalue weighted by molar-refractivity contribution is 5.78. The second kappa shape index (κ2) is 7.22. The Balaban J connectivity index is 1.63. The smallest absolute Gasteiger partial charge is 0.332 e. The molecule has 1 amide bonds. The summed E-state index contributed by atoms with van der Waals surface area (Å²) in [5, 5.41) is 0. The van der Waals surface area contributed by atoms with Gasteiger partial charge in [0.1, 0.15) is 6.54 Å². The minimum absolute atomic E-state index is 0.108. The van der Waals surface area contributed by atoms with Crippen molar-refractivity contribution in [3.63, 3.8) is 0 Å². The lowest BCUT2D eigenvalue weighted by molar-refractivity contribution is -0.136. The summed E-state index contributed by atoms with van der Waals surface area (Å²) in [5.41, 5.74) is -0.249. The van der Waals surface area contributed by atoms with Crippen LogP contribution in [0.2, 0.25) is 0 Å². The molecule has 8 heteroatoms. The molecular formula is C20H29N5O3. The molecule has 8 nitrogen and oxygen atoms in total. The lowest BCUT2D eigenvalue weighted by Gasteiger charge is -2.37. The highest BCUT2D eigenvalue weighted by Crippen LogP contribution is 2.36. The molecule has 0 N–H and O–H groups in total. The van der Waals surface area contributed by atoms with E-state index in [-0.39, 0.29) is 24.5 Å². The normalized spacial score (nSPS) is 22.5. The van der Waals surface area contributed by atoms with Crippen molar-refractivity contribution in [2.75, 3.05) is 0 Å². The number of carbonyl (C=O) groups is 1. The molecule has 0 unspecified atom stereocenters. The fraction of sp³-hybridized carbons (Fsp3) is 0.700. The first-order chi connectivity index (χ1) is 13.4. The maximum absolute atomic E-state index is 13.2. The number of imidazole rings is 1. The summed E-state index contributed by atoms with van der Waals surface area (Å²) in [4.78, 5) is 45.0. The fourth-order valence-corrected chi connectivity index (χ4v) is 4.64. The summed E-state index contributed by atoms with van der Waals surface area (Å²) in [7, 11) is 3.30. The molecule has 0 aliphatic heterocycles. The van der Waals surface area contributed by atoms with Crippen molar-refractivity contribution < 1.29 is 4.79 Å². The van der Waals surface area contributed by atoms with Gasteiger partial charge in [0.15, 0.2) is 11.2 Å². The maximum atomic E-state index is 13.2. The first kappa shape index (κ1) is 19.0. The largest absolute Gasteiger partial charge is 0.335 e. The van der Waals surface area contributed by atoms with Gasteiger partial charge >= 0.3 is 5.69 Å². The third kappa shape index (κ3) is 3.18. The number of aryl methyl sites for hydroxylation is 2. The zero-order valence-corrected chi connectivity index (χ0v) is 16.9. The lowest BCUT2D eigenvalue weighted by Crippen LogP contribution is -2.49. The van der Waals surface area contributed by atoms with Crippen LogP contribution in [-0.2, 0) is 25.4 Å². The van der Waals surface area contributed by atoms with E-state index in [1.807, 2.05) is 4.90 Å². The molecule has 2 aromatic rings. The molecule has 2 aliphatic rings. The summed E-state index contributed by atoms with van der Waals surface area (Å²) in [6.07, 6.45) is 9.10. The molecule has 0 aromatic carbocycles. The molecule has 0 spiro atoms. The average molecular weight is 387 g/mol. The van der Waals surface area contributed by atoms with Crippen LogP contribution in [0.15, 0.2) is 15.9 Å². The van der Waals surface area contributed by atoms with E-state index >= 15 is 0 Å². The third-order valence-electron chi connectivity index (χ3n) is 6.51. The Hall–Kier alpha value is -2.38. The Morgan fingerprint density at radius 2 is 1.71 bits per heavy atom. The van der Waals surface area contributed by atoms with E-state index in [2.05, 4.69) is 11.9 Å². The molecule has 0 bridgehead atoms. The van der Waals surface area contributed by atoms with Gasteiger partial charge in [0.25, 0.3) is 5.56 Å². The summed E-state index contributed by atoms with van der Waals surface area (Å²) in [6.45, 7) is 2.03. The number of aromatic nitrogens is 4. The van der Waals surface area contributed by atoms with Crippen molar-refractivity contribution >= 4 is 17.1 Å². The van der Waals surface area contributed by atoms with Crippen LogP contribution < -0.4 is 11.2 Å². The summed E-state index contributed by atoms with van der Waals surface area (Å²) in [5.74, 6) is 0.651. The molecule has 152 valence electrons. The van der Waals surface area contributed by atoms with Gasteiger partial charge in [0.2, 0.25) is 5.91 Å². The highest BCUT2D eigenvalue weighted by Gasteiger charge is 2.39. The number of nitrogens with zero attached hydrogens (tertiary/aromatic N) is 5. The van der Waals surface area contributed by atoms with Gasteiger partial charge in [-0.15, -0.1) is 0 Å². The molecule has 0 atom stereocenters.